The van der Waals surface area contributed by atoms with Crippen molar-refractivity contribution in [3.05, 3.63) is 35.6 Å². The van der Waals surface area contributed by atoms with Crippen LogP contribution >= 0.6 is 0 Å². The first-order valence-electron chi connectivity index (χ1n) is 7.17. The summed E-state index contributed by atoms with van der Waals surface area (Å²) >= 11 is 0. The average molecular weight is 277 g/mol. The molecule has 2 heterocycles. The number of carbonyl (C=O) groups is 1. The second kappa shape index (κ2) is 5.17. The smallest absolute Gasteiger partial charge is 0.310 e. The van der Waals surface area contributed by atoms with Gasteiger partial charge in [-0.3, -0.25) is 9.69 Å². The highest BCUT2D eigenvalue weighted by Crippen LogP contribution is 2.46. The van der Waals surface area contributed by atoms with Gasteiger partial charge in [-0.1, -0.05) is 12.1 Å². The third kappa shape index (κ3) is 2.12. The molecule has 3 rings (SSSR count). The lowest BCUT2D eigenvalue weighted by molar-refractivity contribution is -0.150. The first-order chi connectivity index (χ1) is 9.61. The van der Waals surface area contributed by atoms with E-state index in [4.69, 9.17) is 4.74 Å². The maximum atomic E-state index is 13.1. The molecule has 1 unspecified atom stereocenters. The van der Waals surface area contributed by atoms with E-state index < -0.39 is 0 Å². The van der Waals surface area contributed by atoms with Gasteiger partial charge in [-0.05, 0) is 44.0 Å². The van der Waals surface area contributed by atoms with Crippen molar-refractivity contribution in [1.29, 1.82) is 0 Å². The van der Waals surface area contributed by atoms with E-state index in [1.165, 1.54) is 19.2 Å². The van der Waals surface area contributed by atoms with Crippen molar-refractivity contribution in [3.63, 3.8) is 0 Å². The fourth-order valence-corrected chi connectivity index (χ4v) is 3.98. The minimum atomic E-state index is -0.237. The molecule has 0 spiro atoms. The minimum absolute atomic E-state index is 0.136. The summed E-state index contributed by atoms with van der Waals surface area (Å²) in [7, 11) is 3.55. The third-order valence-electron chi connectivity index (χ3n) is 5.04. The van der Waals surface area contributed by atoms with E-state index in [0.29, 0.717) is 6.04 Å². The number of hydrogen-bond donors (Lipinski definition) is 0. The lowest BCUT2D eigenvalue weighted by Gasteiger charge is -2.41. The van der Waals surface area contributed by atoms with Gasteiger partial charge in [-0.15, -0.1) is 0 Å². The number of fused-ring (bicyclic) bond motifs is 2. The Labute approximate surface area is 118 Å². The van der Waals surface area contributed by atoms with E-state index in [9.17, 15) is 9.18 Å². The van der Waals surface area contributed by atoms with Crippen molar-refractivity contribution in [2.75, 3.05) is 14.2 Å². The second-order valence-electron chi connectivity index (χ2n) is 5.91. The van der Waals surface area contributed by atoms with Crippen molar-refractivity contribution in [2.45, 2.75) is 37.3 Å². The van der Waals surface area contributed by atoms with Crippen LogP contribution in [-0.2, 0) is 9.53 Å². The molecule has 2 saturated heterocycles. The molecule has 4 atom stereocenters. The first kappa shape index (κ1) is 13.6. The highest BCUT2D eigenvalue weighted by Gasteiger charge is 2.49. The van der Waals surface area contributed by atoms with Gasteiger partial charge in [0.1, 0.15) is 5.82 Å². The molecule has 1 aromatic carbocycles. The number of esters is 1. The lowest BCUT2D eigenvalue weighted by atomic mass is 9.76. The third-order valence-corrected chi connectivity index (χ3v) is 5.04. The minimum Gasteiger partial charge on any atom is -0.469 e. The number of nitrogens with zero attached hydrogens (tertiary/aromatic N) is 1. The molecule has 0 aliphatic carbocycles. The standard InChI is InChI=1S/C16H20FNO2/c1-18-12-7-8-14(18)15(16(19)20-2)13(9-12)10-3-5-11(17)6-4-10/h3-6,12-15H,7-9H2,1-2H3/t12-,13+,14+,15?/m0/s1. The van der Waals surface area contributed by atoms with E-state index in [1.807, 2.05) is 0 Å². The van der Waals surface area contributed by atoms with Crippen LogP contribution in [0.25, 0.3) is 0 Å². The van der Waals surface area contributed by atoms with Gasteiger partial charge in [0, 0.05) is 18.0 Å². The van der Waals surface area contributed by atoms with E-state index in [1.54, 1.807) is 12.1 Å². The van der Waals surface area contributed by atoms with Gasteiger partial charge < -0.3 is 4.74 Å². The van der Waals surface area contributed by atoms with Crippen molar-refractivity contribution in [1.82, 2.24) is 4.90 Å². The molecule has 0 radical (unpaired) electrons. The van der Waals surface area contributed by atoms with Crippen LogP contribution in [-0.4, -0.2) is 37.1 Å². The van der Waals surface area contributed by atoms with Crippen molar-refractivity contribution >= 4 is 5.97 Å². The molecule has 0 aromatic heterocycles. The molecular formula is C16H20FNO2. The van der Waals surface area contributed by atoms with Crippen molar-refractivity contribution < 1.29 is 13.9 Å². The van der Waals surface area contributed by atoms with Crippen LogP contribution in [0.2, 0.25) is 0 Å². The summed E-state index contributed by atoms with van der Waals surface area (Å²) in [5.41, 5.74) is 1.05. The van der Waals surface area contributed by atoms with Gasteiger partial charge in [-0.2, -0.15) is 0 Å². The number of piperidine rings is 1. The molecule has 1 aromatic rings. The molecule has 2 fully saturated rings. The highest BCUT2D eigenvalue weighted by atomic mass is 19.1. The SMILES string of the molecule is COC(=O)C1[C@@H](c2ccc(F)cc2)C[C@@H]2CC[C@H]1N2C. The molecule has 0 N–H and O–H groups in total. The molecule has 0 saturated carbocycles. The monoisotopic (exact) mass is 277 g/mol. The maximum Gasteiger partial charge on any atom is 0.310 e. The van der Waals surface area contributed by atoms with E-state index >= 15 is 0 Å². The molecular weight excluding hydrogens is 257 g/mol. The summed E-state index contributed by atoms with van der Waals surface area (Å²) in [6.45, 7) is 0. The summed E-state index contributed by atoms with van der Waals surface area (Å²) < 4.78 is 18.1. The van der Waals surface area contributed by atoms with E-state index in [-0.39, 0.29) is 29.7 Å². The lowest BCUT2D eigenvalue weighted by Crippen LogP contribution is -2.49. The van der Waals surface area contributed by atoms with Crippen LogP contribution in [0, 0.1) is 11.7 Å². The molecule has 20 heavy (non-hydrogen) atoms. The molecule has 0 amide bonds. The van der Waals surface area contributed by atoms with Gasteiger partial charge in [0.2, 0.25) is 0 Å². The van der Waals surface area contributed by atoms with Crippen molar-refractivity contribution in [3.8, 4) is 0 Å². The highest BCUT2D eigenvalue weighted by molar-refractivity contribution is 5.75. The summed E-state index contributed by atoms with van der Waals surface area (Å²) in [6.07, 6.45) is 3.11. The van der Waals surface area contributed by atoms with Crippen molar-refractivity contribution in [2.24, 2.45) is 5.92 Å². The summed E-state index contributed by atoms with van der Waals surface area (Å²) in [5.74, 6) is -0.387. The fourth-order valence-electron chi connectivity index (χ4n) is 3.98. The zero-order valence-electron chi connectivity index (χ0n) is 11.9. The van der Waals surface area contributed by atoms with Gasteiger partial charge in [-0.25, -0.2) is 4.39 Å². The first-order valence-corrected chi connectivity index (χ1v) is 7.17. The van der Waals surface area contributed by atoms with Crippen LogP contribution in [0.3, 0.4) is 0 Å². The van der Waals surface area contributed by atoms with E-state index in [0.717, 1.165) is 24.8 Å². The molecule has 108 valence electrons. The zero-order valence-corrected chi connectivity index (χ0v) is 11.9. The Bertz CT molecular complexity index is 502. The Balaban J connectivity index is 1.95. The topological polar surface area (TPSA) is 29.5 Å². The number of rotatable bonds is 2. The largest absolute Gasteiger partial charge is 0.469 e. The average Bonchev–Trinajstić information content (AvgIpc) is 2.70. The Morgan fingerprint density at radius 2 is 2.00 bits per heavy atom. The molecule has 2 bridgehead atoms. The van der Waals surface area contributed by atoms with Gasteiger partial charge in [0.05, 0.1) is 13.0 Å². The Morgan fingerprint density at radius 3 is 2.65 bits per heavy atom. The van der Waals surface area contributed by atoms with Crippen LogP contribution < -0.4 is 0 Å². The number of hydrogen-bond acceptors (Lipinski definition) is 3. The maximum absolute atomic E-state index is 13.1. The number of halogens is 1. The molecule has 2 aliphatic rings. The number of ether oxygens (including phenoxy) is 1. The van der Waals surface area contributed by atoms with Crippen LogP contribution in [0.1, 0.15) is 30.7 Å². The Hall–Kier alpha value is -1.42. The van der Waals surface area contributed by atoms with Crippen LogP contribution in [0.4, 0.5) is 4.39 Å². The quantitative estimate of drug-likeness (QED) is 0.778. The van der Waals surface area contributed by atoms with Gasteiger partial charge in [0.25, 0.3) is 0 Å². The number of benzene rings is 1. The summed E-state index contributed by atoms with van der Waals surface area (Å²) in [4.78, 5) is 14.5. The Kier molecular flexibility index (Phi) is 3.50. The van der Waals surface area contributed by atoms with E-state index in [2.05, 4.69) is 11.9 Å². The normalized spacial score (nSPS) is 33.1. The zero-order chi connectivity index (χ0) is 14.3. The predicted octanol–water partition coefficient (Wildman–Crippen LogP) is 2.57. The molecule has 4 heteroatoms. The fraction of sp³-hybridized carbons (Fsp3) is 0.562. The van der Waals surface area contributed by atoms with Crippen LogP contribution in [0.5, 0.6) is 0 Å². The Morgan fingerprint density at radius 1 is 1.30 bits per heavy atom. The predicted molar refractivity (Wildman–Crippen MR) is 73.8 cm³/mol. The van der Waals surface area contributed by atoms with Crippen LogP contribution in [0.15, 0.2) is 24.3 Å². The molecule has 3 nitrogen and oxygen atoms in total. The molecule has 2 aliphatic heterocycles. The summed E-state index contributed by atoms with van der Waals surface area (Å²) in [5, 5.41) is 0. The second-order valence-corrected chi connectivity index (χ2v) is 5.91. The summed E-state index contributed by atoms with van der Waals surface area (Å²) in [6, 6.07) is 7.34. The number of methoxy groups -OCH3 is 1. The van der Waals surface area contributed by atoms with Gasteiger partial charge in [0.15, 0.2) is 0 Å². The number of carbonyl (C=O) groups excluding carboxylic acids is 1. The van der Waals surface area contributed by atoms with Gasteiger partial charge >= 0.3 is 5.97 Å².